The molecule has 6 rings (SSSR count). The molecule has 166 valence electrons. The van der Waals surface area contributed by atoms with Gasteiger partial charge in [0.05, 0.1) is 9.79 Å². The first-order valence-electron chi connectivity index (χ1n) is 10.6. The summed E-state index contributed by atoms with van der Waals surface area (Å²) in [4.78, 5) is -0.370. The van der Waals surface area contributed by atoms with E-state index in [1.165, 1.54) is 18.2 Å². The van der Waals surface area contributed by atoms with Crippen LogP contribution in [0.15, 0.2) is 112 Å². The predicted octanol–water partition coefficient (Wildman–Crippen LogP) is 4.87. The molecular formula is C26H19ClO4S2. The summed E-state index contributed by atoms with van der Waals surface area (Å²) >= 11 is 7.03. The van der Waals surface area contributed by atoms with E-state index in [1.807, 2.05) is 66.7 Å². The normalized spacial score (nSPS) is 30.0. The summed E-state index contributed by atoms with van der Waals surface area (Å²) in [6.07, 6.45) is 3.59. The van der Waals surface area contributed by atoms with Gasteiger partial charge < -0.3 is 0 Å². The fourth-order valence-corrected chi connectivity index (χ4v) is 12.0. The minimum Gasteiger partial charge on any atom is -0.223 e. The number of rotatable bonds is 2. The van der Waals surface area contributed by atoms with Crippen molar-refractivity contribution < 1.29 is 16.8 Å². The van der Waals surface area contributed by atoms with Gasteiger partial charge >= 0.3 is 0 Å². The summed E-state index contributed by atoms with van der Waals surface area (Å²) < 4.78 is 53.4. The zero-order valence-electron chi connectivity index (χ0n) is 17.3. The van der Waals surface area contributed by atoms with Crippen molar-refractivity contribution in [3.8, 4) is 0 Å². The van der Waals surface area contributed by atoms with Gasteiger partial charge in [0.25, 0.3) is 0 Å². The van der Waals surface area contributed by atoms with Crippen LogP contribution in [0.1, 0.15) is 11.1 Å². The van der Waals surface area contributed by atoms with Crippen LogP contribution >= 0.6 is 11.6 Å². The lowest BCUT2D eigenvalue weighted by atomic mass is 9.88. The first-order chi connectivity index (χ1) is 15.8. The average molecular weight is 495 g/mol. The number of hydrogen-bond donors (Lipinski definition) is 0. The molecule has 0 radical (unpaired) electrons. The first-order valence-corrected chi connectivity index (χ1v) is 14.0. The third kappa shape index (κ3) is 2.57. The van der Waals surface area contributed by atoms with E-state index in [1.54, 1.807) is 12.1 Å². The van der Waals surface area contributed by atoms with Gasteiger partial charge in [-0.25, -0.2) is 16.8 Å². The molecule has 3 aromatic carbocycles. The number of fused-ring (bicyclic) bond motifs is 6. The lowest BCUT2D eigenvalue weighted by Gasteiger charge is -2.39. The topological polar surface area (TPSA) is 68.3 Å². The Labute approximate surface area is 198 Å². The quantitative estimate of drug-likeness (QED) is 0.376. The standard InChI is InChI=1S/C26H19ClO4S2/c27-26-20-16-15-19(25(26)32(28,29)21-13-7-8-14-22(21)33(26,30)31)24(20)23(17-9-3-1-4-10-17)18-11-5-2-6-12-18/h1-16,19-20,25H/t19-,20+,25-,26+/m1/s1. The highest BCUT2D eigenvalue weighted by Crippen LogP contribution is 2.65. The summed E-state index contributed by atoms with van der Waals surface area (Å²) in [6.45, 7) is 0. The molecule has 0 amide bonds. The Morgan fingerprint density at radius 1 is 0.697 bits per heavy atom. The van der Waals surface area contributed by atoms with Gasteiger partial charge in [-0.05, 0) is 34.4 Å². The molecule has 0 spiro atoms. The molecule has 2 bridgehead atoms. The first kappa shape index (κ1) is 20.9. The lowest BCUT2D eigenvalue weighted by molar-refractivity contribution is 0.509. The fourth-order valence-electron chi connectivity index (χ4n) is 5.64. The van der Waals surface area contributed by atoms with Crippen LogP contribution in [-0.2, 0) is 19.7 Å². The molecule has 0 unspecified atom stereocenters. The smallest absolute Gasteiger partial charge is 0.201 e. The van der Waals surface area contributed by atoms with E-state index in [0.717, 1.165) is 22.3 Å². The van der Waals surface area contributed by atoms with E-state index < -0.39 is 41.0 Å². The maximum Gasteiger partial charge on any atom is 0.201 e. The highest BCUT2D eigenvalue weighted by atomic mass is 35.5. The van der Waals surface area contributed by atoms with Crippen molar-refractivity contribution in [2.24, 2.45) is 11.8 Å². The molecule has 4 nitrogen and oxygen atoms in total. The van der Waals surface area contributed by atoms with Gasteiger partial charge in [-0.15, -0.1) is 0 Å². The SMILES string of the molecule is O=S1(=O)c2ccccc2S(=O)(=O)[C@]2(Cl)[C@H]1[C@@H]1C=C[C@H]2C1=C(c1ccccc1)c1ccccc1. The van der Waals surface area contributed by atoms with E-state index in [2.05, 4.69) is 0 Å². The van der Waals surface area contributed by atoms with Gasteiger partial charge in [0.15, 0.2) is 14.0 Å². The Kier molecular flexibility index (Phi) is 4.38. The van der Waals surface area contributed by atoms with E-state index in [9.17, 15) is 16.8 Å². The highest BCUT2D eigenvalue weighted by Gasteiger charge is 2.72. The van der Waals surface area contributed by atoms with Crippen LogP contribution in [0, 0.1) is 11.8 Å². The third-order valence-electron chi connectivity index (χ3n) is 6.95. The molecule has 4 atom stereocenters. The van der Waals surface area contributed by atoms with E-state index in [4.69, 9.17) is 11.6 Å². The van der Waals surface area contributed by atoms with Gasteiger partial charge in [-0.2, -0.15) is 0 Å². The lowest BCUT2D eigenvalue weighted by Crippen LogP contribution is -2.54. The van der Waals surface area contributed by atoms with Crippen LogP contribution in [0.4, 0.5) is 0 Å². The van der Waals surface area contributed by atoms with Gasteiger partial charge in [-0.3, -0.25) is 0 Å². The summed E-state index contributed by atoms with van der Waals surface area (Å²) in [5, 5.41) is -1.29. The summed E-state index contributed by atoms with van der Waals surface area (Å²) in [7, 11) is -8.16. The van der Waals surface area contributed by atoms with Gasteiger partial charge in [-0.1, -0.05) is 96.5 Å². The molecule has 3 aliphatic rings. The van der Waals surface area contributed by atoms with Crippen molar-refractivity contribution in [3.63, 3.8) is 0 Å². The average Bonchev–Trinajstić information content (AvgIpc) is 3.35. The largest absolute Gasteiger partial charge is 0.223 e. The van der Waals surface area contributed by atoms with Crippen molar-refractivity contribution in [1.82, 2.24) is 0 Å². The van der Waals surface area contributed by atoms with Crippen LogP contribution in [-0.4, -0.2) is 26.3 Å². The third-order valence-corrected chi connectivity index (χ3v) is 13.0. The number of allylic oxidation sites excluding steroid dienone is 3. The van der Waals surface area contributed by atoms with Crippen LogP contribution < -0.4 is 0 Å². The van der Waals surface area contributed by atoms with Crippen LogP contribution in [0.2, 0.25) is 0 Å². The second kappa shape index (κ2) is 6.92. The van der Waals surface area contributed by atoms with Crippen LogP contribution in [0.25, 0.3) is 5.57 Å². The van der Waals surface area contributed by atoms with Crippen molar-refractivity contribution in [3.05, 3.63) is 114 Å². The Morgan fingerprint density at radius 3 is 1.79 bits per heavy atom. The minimum atomic E-state index is -4.15. The molecule has 1 fully saturated rings. The summed E-state index contributed by atoms with van der Waals surface area (Å²) in [6, 6.07) is 25.1. The highest BCUT2D eigenvalue weighted by molar-refractivity contribution is 8.00. The number of benzene rings is 3. The summed E-state index contributed by atoms with van der Waals surface area (Å²) in [5.74, 6) is -1.41. The molecule has 1 heterocycles. The molecule has 0 N–H and O–H groups in total. The van der Waals surface area contributed by atoms with Gasteiger partial charge in [0, 0.05) is 11.8 Å². The number of sulfone groups is 2. The molecule has 7 heteroatoms. The number of hydrogen-bond acceptors (Lipinski definition) is 4. The Bertz CT molecular complexity index is 1520. The number of halogens is 1. The summed E-state index contributed by atoms with van der Waals surface area (Å²) in [5.41, 5.74) is 3.36. The minimum absolute atomic E-state index is 0.160. The maximum atomic E-state index is 13.9. The molecule has 0 aromatic heterocycles. The molecule has 0 saturated heterocycles. The molecule has 33 heavy (non-hydrogen) atoms. The van der Waals surface area contributed by atoms with E-state index >= 15 is 0 Å². The van der Waals surface area contributed by atoms with Crippen molar-refractivity contribution in [2.45, 2.75) is 19.2 Å². The molecule has 1 aliphatic heterocycles. The van der Waals surface area contributed by atoms with E-state index in [0.29, 0.717) is 0 Å². The molecule has 2 aliphatic carbocycles. The Morgan fingerprint density at radius 2 is 1.21 bits per heavy atom. The molecule has 3 aromatic rings. The van der Waals surface area contributed by atoms with Gasteiger partial charge in [0.1, 0.15) is 5.25 Å². The zero-order valence-corrected chi connectivity index (χ0v) is 19.7. The van der Waals surface area contributed by atoms with Crippen molar-refractivity contribution in [1.29, 1.82) is 0 Å². The van der Waals surface area contributed by atoms with Crippen LogP contribution in [0.3, 0.4) is 0 Å². The van der Waals surface area contributed by atoms with Gasteiger partial charge in [0.2, 0.25) is 9.84 Å². The number of alkyl halides is 1. The second-order valence-corrected chi connectivity index (χ2v) is 13.6. The second-order valence-electron chi connectivity index (χ2n) is 8.56. The maximum absolute atomic E-state index is 13.9. The van der Waals surface area contributed by atoms with E-state index in [-0.39, 0.29) is 9.79 Å². The zero-order chi connectivity index (χ0) is 23.0. The van der Waals surface area contributed by atoms with Crippen molar-refractivity contribution in [2.75, 3.05) is 0 Å². The molecule has 1 saturated carbocycles. The molecular weight excluding hydrogens is 476 g/mol. The van der Waals surface area contributed by atoms with Crippen molar-refractivity contribution >= 4 is 36.8 Å². The fraction of sp³-hybridized carbons (Fsp3) is 0.154. The predicted molar refractivity (Wildman–Crippen MR) is 128 cm³/mol. The van der Waals surface area contributed by atoms with Crippen LogP contribution in [0.5, 0.6) is 0 Å². The Hall–Kier alpha value is -2.67. The Balaban J connectivity index is 1.71. The monoisotopic (exact) mass is 494 g/mol.